The van der Waals surface area contributed by atoms with Crippen LogP contribution >= 0.6 is 0 Å². The minimum absolute atomic E-state index is 0.0220. The maximum Gasteiger partial charge on any atom is 0.404 e. The molecule has 0 unspecified atom stereocenters. The number of rotatable bonds is 5. The molecular weight excluding hydrogens is 529 g/mol. The van der Waals surface area contributed by atoms with Gasteiger partial charge in [-0.25, -0.2) is 9.78 Å². The number of fused-ring (bicyclic) bond motifs is 1. The number of anilines is 3. The molecule has 2 aromatic heterocycles. The van der Waals surface area contributed by atoms with Crippen molar-refractivity contribution in [2.24, 2.45) is 5.92 Å². The molecule has 0 aliphatic carbocycles. The highest BCUT2D eigenvalue weighted by Crippen LogP contribution is 2.37. The van der Waals surface area contributed by atoms with Crippen LogP contribution in [0.1, 0.15) is 28.9 Å². The SMILES string of the molecule is Nc1cc2ccc(C3=CCOCC3)cc2nc1C(=O)Nc1cnccc1N1C[C@@H](NC(=O)O)C[C@@H](C(F)(F)F)C1. The number of hydrogen-bond acceptors (Lipinski definition) is 7. The van der Waals surface area contributed by atoms with E-state index < -0.39 is 36.7 Å². The number of nitrogens with one attached hydrogen (secondary N) is 2. The van der Waals surface area contributed by atoms with E-state index in [2.05, 4.69) is 20.6 Å². The molecule has 2 atom stereocenters. The monoisotopic (exact) mass is 556 g/mol. The third-order valence-corrected chi connectivity index (χ3v) is 7.02. The van der Waals surface area contributed by atoms with Gasteiger partial charge < -0.3 is 31.1 Å². The second-order valence-electron chi connectivity index (χ2n) is 9.76. The van der Waals surface area contributed by atoms with Crippen LogP contribution in [0.15, 0.2) is 48.8 Å². The molecule has 10 nitrogen and oxygen atoms in total. The van der Waals surface area contributed by atoms with Crippen LogP contribution in [0.25, 0.3) is 16.5 Å². The van der Waals surface area contributed by atoms with Crippen LogP contribution in [0.4, 0.5) is 35.0 Å². The number of piperidine rings is 1. The number of halogens is 3. The Bertz CT molecular complexity index is 1480. The number of nitrogens with zero attached hydrogens (tertiary/aromatic N) is 3. The van der Waals surface area contributed by atoms with Crippen molar-refractivity contribution in [1.82, 2.24) is 15.3 Å². The van der Waals surface area contributed by atoms with Gasteiger partial charge in [-0.1, -0.05) is 18.2 Å². The van der Waals surface area contributed by atoms with Crippen LogP contribution in [0.3, 0.4) is 0 Å². The number of nitrogen functional groups attached to an aromatic ring is 1. The summed E-state index contributed by atoms with van der Waals surface area (Å²) >= 11 is 0. The lowest BCUT2D eigenvalue weighted by Crippen LogP contribution is -2.53. The summed E-state index contributed by atoms with van der Waals surface area (Å²) in [6, 6.07) is 7.86. The van der Waals surface area contributed by atoms with Crippen LogP contribution in [0.2, 0.25) is 0 Å². The Labute approximate surface area is 227 Å². The molecule has 1 fully saturated rings. The fraction of sp³-hybridized carbons (Fsp3) is 0.333. The van der Waals surface area contributed by atoms with Crippen LogP contribution in [-0.4, -0.2) is 65.6 Å². The molecule has 3 aromatic rings. The molecule has 1 saturated heterocycles. The van der Waals surface area contributed by atoms with Gasteiger partial charge in [-0.05, 0) is 42.2 Å². The van der Waals surface area contributed by atoms with Crippen LogP contribution < -0.4 is 21.3 Å². The van der Waals surface area contributed by atoms with E-state index in [1.807, 2.05) is 24.3 Å². The van der Waals surface area contributed by atoms with E-state index in [0.717, 1.165) is 22.9 Å². The molecule has 5 rings (SSSR count). The predicted molar refractivity (Wildman–Crippen MR) is 143 cm³/mol. The topological polar surface area (TPSA) is 143 Å². The molecule has 5 N–H and O–H groups in total. The Hall–Kier alpha value is -4.39. The normalized spacial score (nSPS) is 19.7. The van der Waals surface area contributed by atoms with Crippen molar-refractivity contribution >= 4 is 45.5 Å². The van der Waals surface area contributed by atoms with Gasteiger partial charge in [-0.2, -0.15) is 13.2 Å². The molecule has 2 aliphatic rings. The number of carbonyl (C=O) groups excluding carboxylic acids is 1. The van der Waals surface area contributed by atoms with Crippen molar-refractivity contribution in [2.45, 2.75) is 25.1 Å². The molecular formula is C27H27F3N6O4. The number of carboxylic acid groups (broad SMARTS) is 1. The van der Waals surface area contributed by atoms with E-state index in [0.29, 0.717) is 18.7 Å². The Kier molecular flexibility index (Phi) is 7.48. The fourth-order valence-corrected chi connectivity index (χ4v) is 5.11. The zero-order valence-electron chi connectivity index (χ0n) is 21.2. The van der Waals surface area contributed by atoms with Crippen molar-refractivity contribution in [3.05, 3.63) is 60.1 Å². The lowest BCUT2D eigenvalue weighted by atomic mass is 9.93. The number of amides is 2. The maximum absolute atomic E-state index is 13.7. The number of nitrogens with two attached hydrogens (primary N) is 1. The van der Waals surface area contributed by atoms with Crippen LogP contribution in [0.5, 0.6) is 0 Å². The Morgan fingerprint density at radius 1 is 1.18 bits per heavy atom. The zero-order valence-corrected chi connectivity index (χ0v) is 21.2. The highest BCUT2D eigenvalue weighted by molar-refractivity contribution is 6.09. The smallest absolute Gasteiger partial charge is 0.404 e. The number of ether oxygens (including phenoxy) is 1. The van der Waals surface area contributed by atoms with Gasteiger partial charge in [0.25, 0.3) is 5.91 Å². The third kappa shape index (κ3) is 5.93. The van der Waals surface area contributed by atoms with Crippen molar-refractivity contribution in [2.75, 3.05) is 42.3 Å². The van der Waals surface area contributed by atoms with Crippen LogP contribution in [-0.2, 0) is 4.74 Å². The van der Waals surface area contributed by atoms with Gasteiger partial charge >= 0.3 is 12.3 Å². The zero-order chi connectivity index (χ0) is 28.4. The average Bonchev–Trinajstić information content (AvgIpc) is 2.92. The summed E-state index contributed by atoms with van der Waals surface area (Å²) in [6.45, 7) is 0.714. The first-order chi connectivity index (χ1) is 19.1. The highest BCUT2D eigenvalue weighted by atomic mass is 19.4. The molecule has 0 spiro atoms. The standard InChI is InChI=1S/C27H27F3N6O4/c28-27(29,30)18-11-19(33-26(38)39)14-36(13-18)23-3-6-32-12-22(23)35-25(37)24-20(31)9-17-2-1-16(10-21(17)34-24)15-4-7-40-8-5-15/h1-4,6,9-10,12,18-19,33H,5,7-8,11,13-14,31H2,(H,35,37)(H,38,39)/t18-,19+/m1/s1. The van der Waals surface area contributed by atoms with E-state index in [4.69, 9.17) is 15.6 Å². The summed E-state index contributed by atoms with van der Waals surface area (Å²) in [5.41, 5.74) is 9.30. The molecule has 4 heterocycles. The molecule has 210 valence electrons. The molecule has 40 heavy (non-hydrogen) atoms. The summed E-state index contributed by atoms with van der Waals surface area (Å²) in [5.74, 6) is -2.43. The van der Waals surface area contributed by atoms with E-state index in [1.165, 1.54) is 23.4 Å². The largest absolute Gasteiger partial charge is 0.465 e. The van der Waals surface area contributed by atoms with Gasteiger partial charge in [0, 0.05) is 24.7 Å². The number of alkyl halides is 3. The number of benzene rings is 1. The summed E-state index contributed by atoms with van der Waals surface area (Å²) in [5, 5.41) is 14.7. The average molecular weight is 557 g/mol. The third-order valence-electron chi connectivity index (χ3n) is 7.02. The summed E-state index contributed by atoms with van der Waals surface area (Å²) in [4.78, 5) is 34.4. The molecule has 0 radical (unpaired) electrons. The number of pyridine rings is 2. The van der Waals surface area contributed by atoms with Crippen molar-refractivity contribution in [3.63, 3.8) is 0 Å². The maximum atomic E-state index is 13.7. The lowest BCUT2D eigenvalue weighted by molar-refractivity contribution is -0.177. The first-order valence-electron chi connectivity index (χ1n) is 12.6. The van der Waals surface area contributed by atoms with Gasteiger partial charge in [0.15, 0.2) is 5.69 Å². The van der Waals surface area contributed by atoms with Gasteiger partial charge in [-0.3, -0.25) is 9.78 Å². The van der Waals surface area contributed by atoms with Crippen molar-refractivity contribution in [1.29, 1.82) is 0 Å². The summed E-state index contributed by atoms with van der Waals surface area (Å²) in [7, 11) is 0. The summed E-state index contributed by atoms with van der Waals surface area (Å²) in [6.07, 6.45) is -0.871. The van der Waals surface area contributed by atoms with E-state index >= 15 is 0 Å². The minimum Gasteiger partial charge on any atom is -0.465 e. The van der Waals surface area contributed by atoms with Gasteiger partial charge in [0.05, 0.1) is 53.9 Å². The van der Waals surface area contributed by atoms with Crippen molar-refractivity contribution in [3.8, 4) is 0 Å². The first kappa shape index (κ1) is 27.2. The fourth-order valence-electron chi connectivity index (χ4n) is 5.11. The molecule has 0 bridgehead atoms. The molecule has 2 amide bonds. The number of hydrogen-bond donors (Lipinski definition) is 4. The Morgan fingerprint density at radius 3 is 2.73 bits per heavy atom. The highest BCUT2D eigenvalue weighted by Gasteiger charge is 2.45. The van der Waals surface area contributed by atoms with Gasteiger partial charge in [0.2, 0.25) is 0 Å². The second-order valence-corrected chi connectivity index (χ2v) is 9.76. The number of carbonyl (C=O) groups is 2. The molecule has 13 heteroatoms. The van der Waals surface area contributed by atoms with E-state index in [1.54, 1.807) is 6.07 Å². The van der Waals surface area contributed by atoms with Crippen molar-refractivity contribution < 1.29 is 32.6 Å². The second kappa shape index (κ2) is 11.0. The summed E-state index contributed by atoms with van der Waals surface area (Å²) < 4.78 is 46.4. The van der Waals surface area contributed by atoms with Gasteiger partial charge in [0.1, 0.15) is 0 Å². The molecule has 2 aliphatic heterocycles. The van der Waals surface area contributed by atoms with E-state index in [-0.39, 0.29) is 35.7 Å². The minimum atomic E-state index is -4.53. The lowest BCUT2D eigenvalue weighted by Gasteiger charge is -2.40. The van der Waals surface area contributed by atoms with Crippen LogP contribution in [0, 0.1) is 5.92 Å². The molecule has 0 saturated carbocycles. The van der Waals surface area contributed by atoms with Gasteiger partial charge in [-0.15, -0.1) is 0 Å². The number of aromatic nitrogens is 2. The Balaban J connectivity index is 1.43. The predicted octanol–water partition coefficient (Wildman–Crippen LogP) is 4.29. The first-order valence-corrected chi connectivity index (χ1v) is 12.6. The van der Waals surface area contributed by atoms with E-state index in [9.17, 15) is 22.8 Å². The quantitative estimate of drug-likeness (QED) is 0.365. The molecule has 1 aromatic carbocycles. The Morgan fingerprint density at radius 2 is 2.00 bits per heavy atom.